The zero-order valence-electron chi connectivity index (χ0n) is 16.8. The topological polar surface area (TPSA) is 44.0 Å². The zero-order valence-corrected chi connectivity index (χ0v) is 16.8. The molecule has 0 aliphatic rings. The summed E-state index contributed by atoms with van der Waals surface area (Å²) in [5.74, 6) is 2.27. The number of para-hydroxylation sites is 2. The van der Waals surface area contributed by atoms with Gasteiger partial charge in [-0.25, -0.2) is 4.99 Å². The van der Waals surface area contributed by atoms with Crippen molar-refractivity contribution in [3.05, 3.63) is 83.7 Å². The highest BCUT2D eigenvalue weighted by Crippen LogP contribution is 2.28. The Kier molecular flexibility index (Phi) is 5.34. The van der Waals surface area contributed by atoms with Crippen LogP contribution in [0.1, 0.15) is 12.5 Å². The third-order valence-corrected chi connectivity index (χ3v) is 4.69. The summed E-state index contributed by atoms with van der Waals surface area (Å²) in [6.07, 6.45) is 0. The van der Waals surface area contributed by atoms with Crippen molar-refractivity contribution >= 4 is 16.7 Å². The van der Waals surface area contributed by atoms with Crippen LogP contribution in [0, 0.1) is 6.92 Å². The van der Waals surface area contributed by atoms with Gasteiger partial charge in [-0.2, -0.15) is 0 Å². The first kappa shape index (κ1) is 18.8. The fourth-order valence-electron chi connectivity index (χ4n) is 3.21. The summed E-state index contributed by atoms with van der Waals surface area (Å²) < 4.78 is 17.4. The number of ether oxygens (including phenoxy) is 2. The van der Waals surface area contributed by atoms with Gasteiger partial charge in [-0.05, 0) is 44.2 Å². The van der Waals surface area contributed by atoms with E-state index in [1.165, 1.54) is 5.56 Å². The SMILES string of the molecule is CCOc1ccc2oc(-c3ccc(C)cc3)cc(=Nc3ccccc3OC)c2c1. The lowest BCUT2D eigenvalue weighted by Gasteiger charge is -2.09. The molecule has 0 aliphatic heterocycles. The summed E-state index contributed by atoms with van der Waals surface area (Å²) in [7, 11) is 1.65. The Morgan fingerprint density at radius 1 is 0.931 bits per heavy atom. The van der Waals surface area contributed by atoms with Crippen molar-refractivity contribution in [1.82, 2.24) is 0 Å². The summed E-state index contributed by atoms with van der Waals surface area (Å²) in [5, 5.41) is 1.69. The standard InChI is InChI=1S/C25H23NO3/c1-4-28-19-13-14-23-20(15-19)22(26-21-7-5-6-8-24(21)27-3)16-25(29-23)18-11-9-17(2)10-12-18/h5-16H,4H2,1-3H3. The molecule has 4 heteroatoms. The summed E-state index contributed by atoms with van der Waals surface area (Å²) in [4.78, 5) is 4.90. The molecule has 146 valence electrons. The van der Waals surface area contributed by atoms with E-state index in [1.807, 2.05) is 55.5 Å². The quantitative estimate of drug-likeness (QED) is 0.420. The van der Waals surface area contributed by atoms with Crippen LogP contribution in [0.4, 0.5) is 5.69 Å². The zero-order chi connectivity index (χ0) is 20.2. The molecule has 0 N–H and O–H groups in total. The smallest absolute Gasteiger partial charge is 0.144 e. The molecule has 4 rings (SSSR count). The third-order valence-electron chi connectivity index (χ3n) is 4.69. The lowest BCUT2D eigenvalue weighted by Crippen LogP contribution is -2.04. The van der Waals surface area contributed by atoms with Crippen molar-refractivity contribution in [1.29, 1.82) is 0 Å². The number of benzene rings is 3. The highest BCUT2D eigenvalue weighted by Gasteiger charge is 2.09. The molecule has 4 aromatic rings. The van der Waals surface area contributed by atoms with Crippen LogP contribution < -0.4 is 14.8 Å². The molecule has 0 spiro atoms. The van der Waals surface area contributed by atoms with Crippen LogP contribution >= 0.6 is 0 Å². The highest BCUT2D eigenvalue weighted by atomic mass is 16.5. The molecule has 0 bridgehead atoms. The summed E-state index contributed by atoms with van der Waals surface area (Å²) in [6, 6.07) is 23.8. The van der Waals surface area contributed by atoms with E-state index in [9.17, 15) is 0 Å². The van der Waals surface area contributed by atoms with Gasteiger partial charge in [-0.1, -0.05) is 42.0 Å². The van der Waals surface area contributed by atoms with E-state index in [0.717, 1.165) is 44.8 Å². The predicted octanol–water partition coefficient (Wildman–Crippen LogP) is 6.05. The molecule has 0 radical (unpaired) electrons. The number of hydrogen-bond acceptors (Lipinski definition) is 4. The van der Waals surface area contributed by atoms with Gasteiger partial charge >= 0.3 is 0 Å². The second-order valence-electron chi connectivity index (χ2n) is 6.74. The molecular weight excluding hydrogens is 362 g/mol. The summed E-state index contributed by atoms with van der Waals surface area (Å²) in [5.41, 5.74) is 3.72. The van der Waals surface area contributed by atoms with E-state index in [1.54, 1.807) is 7.11 Å². The maximum absolute atomic E-state index is 6.21. The van der Waals surface area contributed by atoms with E-state index in [-0.39, 0.29) is 0 Å². The molecule has 0 atom stereocenters. The number of aryl methyl sites for hydroxylation is 1. The molecule has 0 unspecified atom stereocenters. The molecule has 0 saturated carbocycles. The van der Waals surface area contributed by atoms with Crippen LogP contribution in [-0.2, 0) is 0 Å². The largest absolute Gasteiger partial charge is 0.494 e. The Morgan fingerprint density at radius 2 is 1.72 bits per heavy atom. The Hall–Kier alpha value is -3.53. The molecule has 0 saturated heterocycles. The minimum Gasteiger partial charge on any atom is -0.494 e. The van der Waals surface area contributed by atoms with E-state index >= 15 is 0 Å². The van der Waals surface area contributed by atoms with Gasteiger partial charge in [0.1, 0.15) is 28.5 Å². The molecule has 4 nitrogen and oxygen atoms in total. The molecule has 1 heterocycles. The van der Waals surface area contributed by atoms with Crippen molar-refractivity contribution < 1.29 is 13.9 Å². The van der Waals surface area contributed by atoms with Crippen molar-refractivity contribution in [2.45, 2.75) is 13.8 Å². The number of hydrogen-bond donors (Lipinski definition) is 0. The van der Waals surface area contributed by atoms with Gasteiger partial charge in [0, 0.05) is 17.0 Å². The molecule has 3 aromatic carbocycles. The van der Waals surface area contributed by atoms with Crippen molar-refractivity contribution in [2.24, 2.45) is 4.99 Å². The minimum absolute atomic E-state index is 0.600. The first-order chi connectivity index (χ1) is 14.2. The van der Waals surface area contributed by atoms with Crippen LogP contribution in [0.2, 0.25) is 0 Å². The molecule has 0 aliphatic carbocycles. The van der Waals surface area contributed by atoms with Gasteiger partial charge in [-0.3, -0.25) is 0 Å². The first-order valence-corrected chi connectivity index (χ1v) is 9.63. The molecule has 0 amide bonds. The van der Waals surface area contributed by atoms with Crippen molar-refractivity contribution in [2.75, 3.05) is 13.7 Å². The molecule has 1 aromatic heterocycles. The molecule has 0 fully saturated rings. The van der Waals surface area contributed by atoms with Gasteiger partial charge in [0.25, 0.3) is 0 Å². The molecule has 29 heavy (non-hydrogen) atoms. The Balaban J connectivity index is 1.98. The average Bonchev–Trinajstić information content (AvgIpc) is 2.75. The monoisotopic (exact) mass is 385 g/mol. The van der Waals surface area contributed by atoms with Gasteiger partial charge in [0.15, 0.2) is 0 Å². The second-order valence-corrected chi connectivity index (χ2v) is 6.74. The van der Waals surface area contributed by atoms with Crippen LogP contribution in [0.15, 0.2) is 82.2 Å². The predicted molar refractivity (Wildman–Crippen MR) is 116 cm³/mol. The fraction of sp³-hybridized carbons (Fsp3) is 0.160. The summed E-state index contributed by atoms with van der Waals surface area (Å²) >= 11 is 0. The minimum atomic E-state index is 0.600. The fourth-order valence-corrected chi connectivity index (χ4v) is 3.21. The van der Waals surface area contributed by atoms with Crippen LogP contribution in [0.25, 0.3) is 22.3 Å². The Bertz CT molecular complexity index is 1210. The van der Waals surface area contributed by atoms with Gasteiger partial charge in [0.05, 0.1) is 19.1 Å². The van der Waals surface area contributed by atoms with E-state index in [4.69, 9.17) is 18.9 Å². The van der Waals surface area contributed by atoms with Gasteiger partial charge in [-0.15, -0.1) is 0 Å². The maximum Gasteiger partial charge on any atom is 0.144 e. The van der Waals surface area contributed by atoms with E-state index in [2.05, 4.69) is 31.2 Å². The summed E-state index contributed by atoms with van der Waals surface area (Å²) in [6.45, 7) is 4.64. The second kappa shape index (κ2) is 8.23. The van der Waals surface area contributed by atoms with Gasteiger partial charge < -0.3 is 13.9 Å². The Labute approximate surface area is 170 Å². The highest BCUT2D eigenvalue weighted by molar-refractivity contribution is 5.80. The van der Waals surface area contributed by atoms with Crippen LogP contribution in [0.5, 0.6) is 11.5 Å². The van der Waals surface area contributed by atoms with E-state index < -0.39 is 0 Å². The lowest BCUT2D eigenvalue weighted by molar-refractivity contribution is 0.340. The van der Waals surface area contributed by atoms with Crippen molar-refractivity contribution in [3.63, 3.8) is 0 Å². The maximum atomic E-state index is 6.21. The number of rotatable bonds is 5. The van der Waals surface area contributed by atoms with Crippen molar-refractivity contribution in [3.8, 4) is 22.8 Å². The average molecular weight is 385 g/mol. The van der Waals surface area contributed by atoms with Crippen LogP contribution in [0.3, 0.4) is 0 Å². The first-order valence-electron chi connectivity index (χ1n) is 9.63. The van der Waals surface area contributed by atoms with Crippen LogP contribution in [-0.4, -0.2) is 13.7 Å². The number of fused-ring (bicyclic) bond motifs is 1. The van der Waals surface area contributed by atoms with Gasteiger partial charge in [0.2, 0.25) is 0 Å². The lowest BCUT2D eigenvalue weighted by atomic mass is 10.1. The third kappa shape index (κ3) is 4.02. The normalized spacial score (nSPS) is 11.6. The number of methoxy groups -OCH3 is 1. The molecular formula is C25H23NO3. The number of nitrogens with zero attached hydrogens (tertiary/aromatic N) is 1. The van der Waals surface area contributed by atoms with E-state index in [0.29, 0.717) is 6.61 Å². The Morgan fingerprint density at radius 3 is 2.48 bits per heavy atom.